The molecule has 0 bridgehead atoms. The van der Waals surface area contributed by atoms with Gasteiger partial charge in [0.1, 0.15) is 17.4 Å². The van der Waals surface area contributed by atoms with Crippen LogP contribution in [0.5, 0.6) is 0 Å². The molecule has 6 rings (SSSR count). The fourth-order valence-electron chi connectivity index (χ4n) is 4.91. The van der Waals surface area contributed by atoms with E-state index in [1.54, 1.807) is 25.2 Å². The van der Waals surface area contributed by atoms with Crippen molar-refractivity contribution in [2.24, 2.45) is 5.41 Å². The summed E-state index contributed by atoms with van der Waals surface area (Å²) in [5.74, 6) is 2.80. The zero-order chi connectivity index (χ0) is 24.6. The molecular weight excluding hydrogens is 454 g/mol. The van der Waals surface area contributed by atoms with Crippen LogP contribution >= 0.6 is 0 Å². The van der Waals surface area contributed by atoms with E-state index in [4.69, 9.17) is 5.73 Å². The number of rotatable bonds is 2. The molecule has 3 fully saturated rings. The van der Waals surface area contributed by atoms with Crippen LogP contribution in [-0.4, -0.2) is 69.1 Å². The van der Waals surface area contributed by atoms with Crippen LogP contribution in [0.15, 0.2) is 36.7 Å². The van der Waals surface area contributed by atoms with E-state index in [9.17, 15) is 18.7 Å². The molecule has 8 nitrogen and oxygen atoms in total. The van der Waals surface area contributed by atoms with E-state index in [1.165, 1.54) is 11.2 Å². The molecule has 1 spiro atoms. The summed E-state index contributed by atoms with van der Waals surface area (Å²) in [6.07, 6.45) is 1.50. The minimum Gasteiger partial charge on any atom is -0.382 e. The van der Waals surface area contributed by atoms with Crippen LogP contribution < -0.4 is 10.6 Å². The van der Waals surface area contributed by atoms with Crippen LogP contribution in [0.1, 0.15) is 18.4 Å². The summed E-state index contributed by atoms with van der Waals surface area (Å²) in [5.41, 5.74) is 6.93. The molecule has 0 radical (unpaired) electrons. The van der Waals surface area contributed by atoms with Crippen molar-refractivity contribution in [1.82, 2.24) is 19.9 Å². The first-order valence-electron chi connectivity index (χ1n) is 11.3. The van der Waals surface area contributed by atoms with Gasteiger partial charge in [-0.2, -0.15) is 0 Å². The number of alkyl halides is 2. The standard InChI is InChI=1S/C25H22F2N6O2/c1-32-8-7-24(35,22(32)34)6-5-15-3-2-4-16(9-15)17-10-18(19-20(31-17)21(28)30-14-29-19)33-12-23(13-33)11-25(23,26)27/h2-4,9-10,14,35H,7-8,11-13H2,1H3,(H2,28,29,30)/t24-/m0/s1. The second-order valence-electron chi connectivity index (χ2n) is 9.67. The summed E-state index contributed by atoms with van der Waals surface area (Å²) in [6.45, 7) is 0.936. The quantitative estimate of drug-likeness (QED) is 0.545. The predicted molar refractivity (Wildman–Crippen MR) is 125 cm³/mol. The highest BCUT2D eigenvalue weighted by Crippen LogP contribution is 2.65. The second kappa shape index (κ2) is 7.09. The van der Waals surface area contributed by atoms with Gasteiger partial charge in [0.15, 0.2) is 5.82 Å². The smallest absolute Gasteiger partial charge is 0.267 e. The summed E-state index contributed by atoms with van der Waals surface area (Å²) in [6, 6.07) is 9.03. The summed E-state index contributed by atoms with van der Waals surface area (Å²) in [4.78, 5) is 28.6. The first-order valence-corrected chi connectivity index (χ1v) is 11.3. The topological polar surface area (TPSA) is 108 Å². The Morgan fingerprint density at radius 1 is 1.17 bits per heavy atom. The molecule has 3 aliphatic rings. The van der Waals surface area contributed by atoms with E-state index in [1.807, 2.05) is 17.0 Å². The van der Waals surface area contributed by atoms with E-state index < -0.39 is 22.8 Å². The van der Waals surface area contributed by atoms with Crippen LogP contribution in [0.2, 0.25) is 0 Å². The van der Waals surface area contributed by atoms with Gasteiger partial charge in [0, 0.05) is 50.7 Å². The lowest BCUT2D eigenvalue weighted by molar-refractivity contribution is -0.137. The van der Waals surface area contributed by atoms with Crippen LogP contribution in [0.3, 0.4) is 0 Å². The van der Waals surface area contributed by atoms with Gasteiger partial charge in [-0.05, 0) is 18.2 Å². The highest BCUT2D eigenvalue weighted by molar-refractivity contribution is 5.96. The Kier molecular flexibility index (Phi) is 4.39. The summed E-state index contributed by atoms with van der Waals surface area (Å²) < 4.78 is 27.6. The van der Waals surface area contributed by atoms with Crippen molar-refractivity contribution >= 4 is 28.4 Å². The number of fused-ring (bicyclic) bond motifs is 1. The molecule has 1 amide bonds. The van der Waals surface area contributed by atoms with Crippen LogP contribution in [0.4, 0.5) is 20.3 Å². The summed E-state index contributed by atoms with van der Waals surface area (Å²) in [5, 5.41) is 10.6. The SMILES string of the molecule is CN1CC[C@@](O)(C#Cc2cccc(-c3cc(N4CC5(C4)CC5(F)F)c4ncnc(N)c4n3)c2)C1=O. The number of amides is 1. The third-order valence-electron chi connectivity index (χ3n) is 7.22. The van der Waals surface area contributed by atoms with Gasteiger partial charge >= 0.3 is 0 Å². The number of likely N-dealkylation sites (N-methyl/N-ethyl adjacent to an activating group) is 1. The molecule has 2 aliphatic heterocycles. The van der Waals surface area contributed by atoms with Gasteiger partial charge in [0.25, 0.3) is 11.8 Å². The third-order valence-corrected chi connectivity index (χ3v) is 7.22. The maximum atomic E-state index is 13.8. The number of nitrogens with zero attached hydrogens (tertiary/aromatic N) is 5. The highest BCUT2D eigenvalue weighted by Gasteiger charge is 2.76. The van der Waals surface area contributed by atoms with Gasteiger partial charge in [-0.15, -0.1) is 0 Å². The zero-order valence-corrected chi connectivity index (χ0v) is 18.9. The van der Waals surface area contributed by atoms with Gasteiger partial charge in [-0.3, -0.25) is 4.79 Å². The van der Waals surface area contributed by atoms with E-state index in [0.29, 0.717) is 34.5 Å². The monoisotopic (exact) mass is 476 g/mol. The zero-order valence-electron chi connectivity index (χ0n) is 18.9. The van der Waals surface area contributed by atoms with E-state index in [0.717, 1.165) is 5.56 Å². The molecule has 2 aromatic heterocycles. The summed E-state index contributed by atoms with van der Waals surface area (Å²) in [7, 11) is 1.63. The Hall–Kier alpha value is -3.84. The minimum atomic E-state index is -2.62. The average Bonchev–Trinajstić information content (AvgIpc) is 3.32. The number of likely N-dealkylation sites (tertiary alicyclic amines) is 1. The van der Waals surface area contributed by atoms with Crippen LogP contribution in [-0.2, 0) is 4.79 Å². The Morgan fingerprint density at radius 3 is 2.63 bits per heavy atom. The van der Waals surface area contributed by atoms with Crippen LogP contribution in [0, 0.1) is 17.3 Å². The van der Waals surface area contributed by atoms with Crippen molar-refractivity contribution < 1.29 is 18.7 Å². The normalized spacial score (nSPS) is 23.8. The van der Waals surface area contributed by atoms with Crippen molar-refractivity contribution in [3.8, 4) is 23.1 Å². The number of aliphatic hydroxyl groups is 1. The van der Waals surface area contributed by atoms with Crippen molar-refractivity contribution in [2.45, 2.75) is 24.4 Å². The lowest BCUT2D eigenvalue weighted by Crippen LogP contribution is -2.51. The number of anilines is 2. The molecule has 1 aromatic carbocycles. The van der Waals surface area contributed by atoms with E-state index in [2.05, 4.69) is 26.8 Å². The summed E-state index contributed by atoms with van der Waals surface area (Å²) >= 11 is 0. The molecule has 4 heterocycles. The number of nitrogen functional groups attached to an aromatic ring is 1. The van der Waals surface area contributed by atoms with Gasteiger partial charge in [-0.25, -0.2) is 23.7 Å². The van der Waals surface area contributed by atoms with E-state index >= 15 is 0 Å². The lowest BCUT2D eigenvalue weighted by atomic mass is 9.94. The predicted octanol–water partition coefficient (Wildman–Crippen LogP) is 2.06. The number of hydrogen-bond acceptors (Lipinski definition) is 7. The van der Waals surface area contributed by atoms with Crippen molar-refractivity contribution in [3.05, 3.63) is 42.2 Å². The van der Waals surface area contributed by atoms with Crippen molar-refractivity contribution in [2.75, 3.05) is 37.3 Å². The average molecular weight is 476 g/mol. The molecule has 178 valence electrons. The molecule has 10 heteroatoms. The maximum absolute atomic E-state index is 13.8. The van der Waals surface area contributed by atoms with Gasteiger partial charge < -0.3 is 20.6 Å². The molecule has 1 aliphatic carbocycles. The molecule has 2 saturated heterocycles. The molecule has 35 heavy (non-hydrogen) atoms. The van der Waals surface area contributed by atoms with Gasteiger partial charge in [0.2, 0.25) is 5.60 Å². The van der Waals surface area contributed by atoms with Gasteiger partial charge in [0.05, 0.1) is 16.8 Å². The number of aromatic nitrogens is 3. The second-order valence-corrected chi connectivity index (χ2v) is 9.67. The van der Waals surface area contributed by atoms with E-state index in [-0.39, 0.29) is 31.7 Å². The van der Waals surface area contributed by atoms with Crippen molar-refractivity contribution in [3.63, 3.8) is 0 Å². The Morgan fingerprint density at radius 2 is 1.94 bits per heavy atom. The number of halogens is 2. The maximum Gasteiger partial charge on any atom is 0.267 e. The minimum absolute atomic E-state index is 0.0884. The number of nitrogens with two attached hydrogens (primary N) is 1. The third kappa shape index (κ3) is 3.30. The fraction of sp³-hybridized carbons (Fsp3) is 0.360. The Labute approximate surface area is 199 Å². The van der Waals surface area contributed by atoms with Crippen molar-refractivity contribution in [1.29, 1.82) is 0 Å². The fourth-order valence-corrected chi connectivity index (χ4v) is 4.91. The molecular formula is C25H22F2N6O2. The molecule has 1 saturated carbocycles. The number of hydrogen-bond donors (Lipinski definition) is 2. The molecule has 0 unspecified atom stereocenters. The number of carbonyl (C=O) groups is 1. The highest BCUT2D eigenvalue weighted by atomic mass is 19.3. The number of carbonyl (C=O) groups excluding carboxylic acids is 1. The molecule has 3 aromatic rings. The largest absolute Gasteiger partial charge is 0.382 e. The first kappa shape index (κ1) is 21.7. The van der Waals surface area contributed by atoms with Gasteiger partial charge in [-0.1, -0.05) is 24.0 Å². The molecule has 1 atom stereocenters. The number of benzene rings is 1. The Bertz CT molecular complexity index is 1460. The lowest BCUT2D eigenvalue weighted by Gasteiger charge is -2.42. The molecule has 3 N–H and O–H groups in total. The Balaban J connectivity index is 1.37. The first-order chi connectivity index (χ1) is 16.6. The number of pyridine rings is 1. The van der Waals surface area contributed by atoms with Crippen LogP contribution in [0.25, 0.3) is 22.3 Å².